The number of benzene rings is 1. The Morgan fingerprint density at radius 3 is 2.54 bits per heavy atom. The molecule has 1 aromatic carbocycles. The van der Waals surface area contributed by atoms with Crippen LogP contribution in [0.15, 0.2) is 36.9 Å². The smallest absolute Gasteiger partial charge is 0.232 e. The lowest BCUT2D eigenvalue weighted by molar-refractivity contribution is -0.333. The van der Waals surface area contributed by atoms with Crippen LogP contribution in [0.2, 0.25) is 0 Å². The van der Waals surface area contributed by atoms with Crippen molar-refractivity contribution >= 4 is 0 Å². The van der Waals surface area contributed by atoms with Crippen molar-refractivity contribution in [2.24, 2.45) is 17.8 Å². The molecule has 0 unspecified atom stereocenters. The molecule has 2 fully saturated rings. The van der Waals surface area contributed by atoms with Crippen molar-refractivity contribution in [2.45, 2.75) is 145 Å². The molecule has 1 aliphatic carbocycles. The second-order valence-electron chi connectivity index (χ2n) is 14.3. The van der Waals surface area contributed by atoms with Crippen molar-refractivity contribution in [2.75, 3.05) is 6.61 Å². The Morgan fingerprint density at radius 1 is 1.09 bits per heavy atom. The standard InChI is InChI=1S/C37H56O9/c1-4-8-26-14-16-29(17-15-26)45-35-37(43)24-28(18-20-36(42)19-5-9-27(23-36)13-12-25(2)3)30(39)10-7-22-44-31(11-6-21-38)33(46-35)32(40)34(37)41/h4,14-17,25,27-28,30-35,38-43H,1,5-6,8-13,18-21,23-24H2,2-3H3/t27-,28+,30-,31+,32+,33+,34-,35-,36+,37-/m0/s1. The van der Waals surface area contributed by atoms with E-state index in [0.717, 1.165) is 31.2 Å². The third-order valence-corrected chi connectivity index (χ3v) is 10.2. The fraction of sp³-hybridized carbons (Fsp3) is 0.730. The molecule has 0 aromatic heterocycles. The summed E-state index contributed by atoms with van der Waals surface area (Å²) in [6.07, 6.45) is 4.36. The lowest BCUT2D eigenvalue weighted by Crippen LogP contribution is -2.70. The molecule has 2 bridgehead atoms. The summed E-state index contributed by atoms with van der Waals surface area (Å²) in [4.78, 5) is 0. The lowest BCUT2D eigenvalue weighted by atomic mass is 9.71. The molecule has 1 saturated carbocycles. The third-order valence-electron chi connectivity index (χ3n) is 10.2. The van der Waals surface area contributed by atoms with Crippen LogP contribution < -0.4 is 4.74 Å². The van der Waals surface area contributed by atoms with Gasteiger partial charge in [-0.15, -0.1) is 6.58 Å². The molecule has 9 nitrogen and oxygen atoms in total. The monoisotopic (exact) mass is 644 g/mol. The second kappa shape index (κ2) is 16.8. The summed E-state index contributed by atoms with van der Waals surface area (Å²) < 4.78 is 18.2. The van der Waals surface area contributed by atoms with Crippen LogP contribution in [0, 0.1) is 29.8 Å². The van der Waals surface area contributed by atoms with Crippen LogP contribution in [-0.2, 0) is 15.9 Å². The maximum Gasteiger partial charge on any atom is 0.232 e. The summed E-state index contributed by atoms with van der Waals surface area (Å²) in [6.45, 7) is 8.08. The van der Waals surface area contributed by atoms with E-state index in [1.54, 1.807) is 18.2 Å². The van der Waals surface area contributed by atoms with Crippen molar-refractivity contribution < 1.29 is 44.8 Å². The van der Waals surface area contributed by atoms with Crippen LogP contribution in [0.3, 0.4) is 0 Å². The molecule has 46 heavy (non-hydrogen) atoms. The zero-order chi connectivity index (χ0) is 33.3. The first-order chi connectivity index (χ1) is 22.0. The van der Waals surface area contributed by atoms with E-state index in [9.17, 15) is 30.6 Å². The van der Waals surface area contributed by atoms with Gasteiger partial charge in [-0.05, 0) is 86.8 Å². The Labute approximate surface area is 274 Å². The van der Waals surface area contributed by atoms with E-state index in [4.69, 9.17) is 14.2 Å². The number of rotatable bonds is 13. The Balaban J connectivity index is 1.62. The Morgan fingerprint density at radius 2 is 1.85 bits per heavy atom. The first kappa shape index (κ1) is 36.7. The van der Waals surface area contributed by atoms with Crippen molar-refractivity contribution in [3.8, 4) is 17.8 Å². The minimum Gasteiger partial charge on any atom is -0.462 e. The highest BCUT2D eigenvalue weighted by Gasteiger charge is 2.59. The van der Waals surface area contributed by atoms with Crippen molar-refractivity contribution in [3.63, 3.8) is 0 Å². The van der Waals surface area contributed by atoms with Gasteiger partial charge in [0.2, 0.25) is 6.29 Å². The van der Waals surface area contributed by atoms with Gasteiger partial charge in [-0.25, -0.2) is 0 Å². The molecular weight excluding hydrogens is 588 g/mol. The number of allylic oxidation sites excluding steroid dienone is 1. The van der Waals surface area contributed by atoms with Gasteiger partial charge >= 0.3 is 0 Å². The van der Waals surface area contributed by atoms with Gasteiger partial charge in [0.25, 0.3) is 0 Å². The van der Waals surface area contributed by atoms with Crippen LogP contribution in [0.25, 0.3) is 0 Å². The van der Waals surface area contributed by atoms with E-state index in [2.05, 4.69) is 32.5 Å². The Kier molecular flexibility index (Phi) is 13.4. The number of hydrogen-bond acceptors (Lipinski definition) is 9. The predicted octanol–water partition coefficient (Wildman–Crippen LogP) is 4.00. The number of aliphatic hydroxyl groups is 6. The van der Waals surface area contributed by atoms with E-state index >= 15 is 0 Å². The minimum absolute atomic E-state index is 0.0589. The van der Waals surface area contributed by atoms with Gasteiger partial charge in [0.15, 0.2) is 5.60 Å². The molecule has 0 spiro atoms. The topological polar surface area (TPSA) is 149 Å². The van der Waals surface area contributed by atoms with Gasteiger partial charge < -0.3 is 44.8 Å². The van der Waals surface area contributed by atoms with Gasteiger partial charge in [-0.2, -0.15) is 0 Å². The van der Waals surface area contributed by atoms with Crippen LogP contribution in [0.4, 0.5) is 0 Å². The lowest BCUT2D eigenvalue weighted by Gasteiger charge is -2.50. The minimum atomic E-state index is -2.12. The first-order valence-electron chi connectivity index (χ1n) is 17.2. The van der Waals surface area contributed by atoms with E-state index in [1.807, 2.05) is 12.1 Å². The van der Waals surface area contributed by atoms with Crippen molar-refractivity contribution in [1.29, 1.82) is 0 Å². The van der Waals surface area contributed by atoms with Gasteiger partial charge in [0.1, 0.15) is 36.3 Å². The molecule has 3 heterocycles. The summed E-state index contributed by atoms with van der Waals surface area (Å²) in [5.74, 6) is 3.71. The normalized spacial score (nSPS) is 36.5. The Bertz CT molecular complexity index is 1150. The van der Waals surface area contributed by atoms with E-state index in [1.165, 1.54) is 0 Å². The van der Waals surface area contributed by atoms with Crippen molar-refractivity contribution in [1.82, 2.24) is 0 Å². The summed E-state index contributed by atoms with van der Waals surface area (Å²) in [6, 6.07) is 7.22. The number of ether oxygens (including phenoxy) is 3. The average molecular weight is 645 g/mol. The fourth-order valence-corrected chi connectivity index (χ4v) is 7.43. The van der Waals surface area contributed by atoms with Crippen LogP contribution >= 0.6 is 0 Å². The molecule has 0 amide bonds. The highest BCUT2D eigenvalue weighted by atomic mass is 16.7. The van der Waals surface area contributed by atoms with Gasteiger partial charge in [-0.3, -0.25) is 0 Å². The molecule has 0 radical (unpaired) electrons. The predicted molar refractivity (Wildman–Crippen MR) is 175 cm³/mol. The second-order valence-corrected chi connectivity index (χ2v) is 14.3. The zero-order valence-corrected chi connectivity index (χ0v) is 27.6. The highest BCUT2D eigenvalue weighted by Crippen LogP contribution is 2.43. The maximum atomic E-state index is 12.3. The molecule has 4 aliphatic rings. The number of hydrogen-bond donors (Lipinski definition) is 6. The summed E-state index contributed by atoms with van der Waals surface area (Å²) in [7, 11) is 0. The molecule has 258 valence electrons. The highest BCUT2D eigenvalue weighted by molar-refractivity contribution is 5.29. The summed E-state index contributed by atoms with van der Waals surface area (Å²) in [5.41, 5.74) is -1.98. The number of fused-ring (bicyclic) bond motifs is 8. The zero-order valence-electron chi connectivity index (χ0n) is 27.6. The number of aliphatic hydroxyl groups excluding tert-OH is 4. The van der Waals surface area contributed by atoms with Gasteiger partial charge in [-0.1, -0.05) is 63.7 Å². The van der Waals surface area contributed by atoms with Gasteiger partial charge in [0.05, 0.1) is 11.7 Å². The summed E-state index contributed by atoms with van der Waals surface area (Å²) in [5, 5.41) is 67.7. The SMILES string of the molecule is C=CCc1ccc(O[C@H]2O[C@H]3[C@@H](O)[C@H](O)[C@@]2(O)C[C@@H](CC[C@]2(O)CCC[C@@H](CCC(C)C)C2)[C@@H](O)CC#CO[C@@H]3CCCO)cc1. The third kappa shape index (κ3) is 9.47. The largest absolute Gasteiger partial charge is 0.462 e. The van der Waals surface area contributed by atoms with Crippen LogP contribution in [-0.4, -0.2) is 85.3 Å². The molecule has 1 saturated heterocycles. The van der Waals surface area contributed by atoms with Crippen LogP contribution in [0.5, 0.6) is 5.75 Å². The molecule has 3 aliphatic heterocycles. The van der Waals surface area contributed by atoms with Gasteiger partial charge in [0, 0.05) is 13.0 Å². The van der Waals surface area contributed by atoms with E-state index < -0.39 is 53.9 Å². The first-order valence-corrected chi connectivity index (χ1v) is 17.2. The van der Waals surface area contributed by atoms with E-state index in [-0.39, 0.29) is 25.9 Å². The average Bonchev–Trinajstić information content (AvgIpc) is 3.03. The fourth-order valence-electron chi connectivity index (χ4n) is 7.43. The maximum absolute atomic E-state index is 12.3. The molecule has 6 N–H and O–H groups in total. The van der Waals surface area contributed by atoms with E-state index in [0.29, 0.717) is 56.1 Å². The van der Waals surface area contributed by atoms with Crippen molar-refractivity contribution in [3.05, 3.63) is 42.5 Å². The Hall–Kier alpha value is -2.16. The molecule has 9 heteroatoms. The molecular formula is C37H56O9. The molecule has 1 aromatic rings. The van der Waals surface area contributed by atoms with Crippen LogP contribution in [0.1, 0.15) is 96.5 Å². The quantitative estimate of drug-likeness (QED) is 0.138. The molecule has 10 atom stereocenters. The summed E-state index contributed by atoms with van der Waals surface area (Å²) >= 11 is 0. The molecule has 5 rings (SSSR count).